The first-order valence-electron chi connectivity index (χ1n) is 10.4. The number of benzene rings is 2. The lowest BCUT2D eigenvalue weighted by atomic mass is 9.94. The Bertz CT molecular complexity index is 1090. The molecule has 1 heterocycles. The highest BCUT2D eigenvalue weighted by Crippen LogP contribution is 2.26. The number of amides is 1. The average Bonchev–Trinajstić information content (AvgIpc) is 3.16. The van der Waals surface area contributed by atoms with Crippen LogP contribution in [0.1, 0.15) is 54.2 Å². The highest BCUT2D eigenvalue weighted by Gasteiger charge is 2.26. The van der Waals surface area contributed by atoms with Crippen molar-refractivity contribution in [1.29, 1.82) is 0 Å². The van der Waals surface area contributed by atoms with Crippen molar-refractivity contribution >= 4 is 34.2 Å². The predicted molar refractivity (Wildman–Crippen MR) is 131 cm³/mol. The number of thiazole rings is 1. The lowest BCUT2D eigenvalue weighted by Crippen LogP contribution is -2.38. The van der Waals surface area contributed by atoms with Gasteiger partial charge in [-0.15, -0.1) is 11.3 Å². The largest absolute Gasteiger partial charge is 0.346 e. The van der Waals surface area contributed by atoms with Crippen molar-refractivity contribution in [3.05, 3.63) is 81.3 Å². The number of rotatable bonds is 8. The summed E-state index contributed by atoms with van der Waals surface area (Å²) in [5.74, 6) is -0.0353. The maximum atomic E-state index is 12.7. The molecule has 1 unspecified atom stereocenters. The van der Waals surface area contributed by atoms with E-state index < -0.39 is 16.7 Å². The third-order valence-corrected chi connectivity index (χ3v) is 6.34. The second-order valence-corrected chi connectivity index (χ2v) is 10.5. The zero-order chi connectivity index (χ0) is 23.3. The number of nitrogens with zero attached hydrogens (tertiary/aromatic N) is 1. The molecule has 0 radical (unpaired) electrons. The number of hydrogen-bond donors (Lipinski definition) is 3. The second kappa shape index (κ2) is 10.4. The van der Waals surface area contributed by atoms with Crippen LogP contribution in [0.2, 0.25) is 0 Å². The molecule has 3 N–H and O–H groups in total. The number of anilines is 1. The molecule has 0 aliphatic heterocycles. The van der Waals surface area contributed by atoms with Crippen molar-refractivity contribution in [3.8, 4) is 0 Å². The third-order valence-electron chi connectivity index (χ3n) is 4.92. The van der Waals surface area contributed by atoms with Gasteiger partial charge in [0.25, 0.3) is 11.3 Å². The van der Waals surface area contributed by atoms with Crippen LogP contribution in [0, 0.1) is 12.3 Å². The average molecular weight is 472 g/mol. The molecule has 32 heavy (non-hydrogen) atoms. The Morgan fingerprint density at radius 3 is 2.50 bits per heavy atom. The van der Waals surface area contributed by atoms with Gasteiger partial charge < -0.3 is 5.32 Å². The van der Waals surface area contributed by atoms with E-state index in [1.807, 2.05) is 32.9 Å². The van der Waals surface area contributed by atoms with Gasteiger partial charge in [-0.3, -0.25) is 14.1 Å². The van der Waals surface area contributed by atoms with Crippen LogP contribution >= 0.6 is 11.3 Å². The van der Waals surface area contributed by atoms with E-state index >= 15 is 0 Å². The van der Waals surface area contributed by atoms with Crippen LogP contribution in [0.4, 0.5) is 5.69 Å². The Labute approximate surface area is 195 Å². The summed E-state index contributed by atoms with van der Waals surface area (Å²) in [4.78, 5) is 17.6. The molecular formula is C24H29N3O3S2. The summed E-state index contributed by atoms with van der Waals surface area (Å²) in [6, 6.07) is 15.4. The number of aromatic nitrogens is 1. The molecule has 0 saturated heterocycles. The van der Waals surface area contributed by atoms with Crippen molar-refractivity contribution in [2.75, 3.05) is 4.72 Å². The molecule has 0 aliphatic carbocycles. The summed E-state index contributed by atoms with van der Waals surface area (Å²) in [6.07, 6.45) is 1.32. The van der Waals surface area contributed by atoms with Gasteiger partial charge in [-0.1, -0.05) is 62.7 Å². The molecule has 1 aromatic heterocycles. The van der Waals surface area contributed by atoms with Crippen molar-refractivity contribution in [2.45, 2.75) is 46.6 Å². The lowest BCUT2D eigenvalue weighted by molar-refractivity contribution is -0.129. The van der Waals surface area contributed by atoms with Gasteiger partial charge in [0.15, 0.2) is 0 Å². The normalized spacial score (nSPS) is 13.4. The van der Waals surface area contributed by atoms with Gasteiger partial charge in [0.2, 0.25) is 5.91 Å². The fraction of sp³-hybridized carbons (Fsp3) is 0.333. The molecule has 2 aromatic carbocycles. The Kier molecular flexibility index (Phi) is 7.82. The summed E-state index contributed by atoms with van der Waals surface area (Å²) in [6.45, 7) is 7.74. The minimum Gasteiger partial charge on any atom is -0.346 e. The van der Waals surface area contributed by atoms with Gasteiger partial charge in [0.05, 0.1) is 11.7 Å². The predicted octanol–water partition coefficient (Wildman–Crippen LogP) is 5.04. The maximum Gasteiger partial charge on any atom is 0.259 e. The minimum absolute atomic E-state index is 0.0353. The fourth-order valence-electron chi connectivity index (χ4n) is 3.22. The van der Waals surface area contributed by atoms with Crippen LogP contribution < -0.4 is 10.0 Å². The molecule has 6 nitrogen and oxygen atoms in total. The fourth-order valence-corrected chi connectivity index (χ4v) is 4.42. The molecule has 170 valence electrons. The summed E-state index contributed by atoms with van der Waals surface area (Å²) < 4.78 is 22.4. The van der Waals surface area contributed by atoms with E-state index in [0.29, 0.717) is 12.1 Å². The van der Waals surface area contributed by atoms with Gasteiger partial charge in [-0.2, -0.15) is 0 Å². The lowest BCUT2D eigenvalue weighted by Gasteiger charge is -2.23. The first kappa shape index (κ1) is 24.1. The minimum atomic E-state index is -2.11. The van der Waals surface area contributed by atoms with Gasteiger partial charge in [-0.25, -0.2) is 9.19 Å². The summed E-state index contributed by atoms with van der Waals surface area (Å²) in [7, 11) is 0. The first-order valence-corrected chi connectivity index (χ1v) is 12.4. The highest BCUT2D eigenvalue weighted by atomic mass is 32.2. The molecule has 2 atom stereocenters. The third kappa shape index (κ3) is 6.98. The van der Waals surface area contributed by atoms with Crippen LogP contribution in [0.5, 0.6) is 0 Å². The molecule has 0 bridgehead atoms. The number of nitrogens with one attached hydrogen (secondary N) is 2. The van der Waals surface area contributed by atoms with E-state index in [1.165, 1.54) is 11.1 Å². The summed E-state index contributed by atoms with van der Waals surface area (Å²) >= 11 is -0.559. The molecule has 3 aromatic rings. The Morgan fingerprint density at radius 1 is 1.16 bits per heavy atom. The van der Waals surface area contributed by atoms with E-state index in [1.54, 1.807) is 23.5 Å². The number of carbonyl (C=O) groups excluding carboxylic acids is 1. The number of carbonyl (C=O) groups is 1. The van der Waals surface area contributed by atoms with Gasteiger partial charge in [0, 0.05) is 22.9 Å². The molecule has 8 heteroatoms. The van der Waals surface area contributed by atoms with Crippen LogP contribution in [0.15, 0.2) is 53.9 Å². The zero-order valence-electron chi connectivity index (χ0n) is 18.7. The summed E-state index contributed by atoms with van der Waals surface area (Å²) in [5.41, 5.74) is 4.44. The van der Waals surface area contributed by atoms with Crippen molar-refractivity contribution in [3.63, 3.8) is 0 Å². The number of hydrogen-bond acceptors (Lipinski definition) is 4. The second-order valence-electron chi connectivity index (χ2n) is 8.87. The molecule has 3 rings (SSSR count). The number of aryl methyl sites for hydroxylation is 1. The van der Waals surface area contributed by atoms with Gasteiger partial charge in [0.1, 0.15) is 5.01 Å². The molecule has 0 aliphatic rings. The van der Waals surface area contributed by atoms with Gasteiger partial charge >= 0.3 is 0 Å². The van der Waals surface area contributed by atoms with Crippen LogP contribution in [0.25, 0.3) is 0 Å². The molecule has 1 amide bonds. The standard InChI is InChI=1S/C24H29N3O3S2/c1-16-6-5-7-18(12-16)13-20-15-31-22(25-20)21(26-23(28)24(2,3)4)14-17-8-10-19(11-9-17)27-32(29)30/h5-12,15,21,27H,13-14H2,1-4H3,(H,26,28)(H,29,30)/t21-/m0/s1. The smallest absolute Gasteiger partial charge is 0.259 e. The van der Waals surface area contributed by atoms with E-state index in [2.05, 4.69) is 46.6 Å². The van der Waals surface area contributed by atoms with Crippen molar-refractivity contribution in [2.24, 2.45) is 5.41 Å². The van der Waals surface area contributed by atoms with E-state index in [-0.39, 0.29) is 11.9 Å². The Morgan fingerprint density at radius 2 is 1.88 bits per heavy atom. The van der Waals surface area contributed by atoms with E-state index in [0.717, 1.165) is 22.7 Å². The molecule has 0 saturated carbocycles. The van der Waals surface area contributed by atoms with E-state index in [4.69, 9.17) is 9.54 Å². The van der Waals surface area contributed by atoms with Crippen LogP contribution in [0.3, 0.4) is 0 Å². The SMILES string of the molecule is Cc1cccc(Cc2csc([C@H](Cc3ccc(NS(=O)O)cc3)NC(=O)C(C)(C)C)n2)c1. The van der Waals surface area contributed by atoms with Crippen LogP contribution in [-0.2, 0) is 28.9 Å². The Hall–Kier alpha value is -2.55. The Balaban J connectivity index is 1.80. The van der Waals surface area contributed by atoms with Gasteiger partial charge in [-0.05, 0) is 36.6 Å². The van der Waals surface area contributed by atoms with Crippen molar-refractivity contribution < 1.29 is 13.6 Å². The van der Waals surface area contributed by atoms with E-state index in [9.17, 15) is 9.00 Å². The van der Waals surface area contributed by atoms with Crippen molar-refractivity contribution in [1.82, 2.24) is 10.3 Å². The molecule has 0 fully saturated rings. The highest BCUT2D eigenvalue weighted by molar-refractivity contribution is 7.80. The first-order chi connectivity index (χ1) is 15.1. The van der Waals surface area contributed by atoms with Crippen LogP contribution in [-0.4, -0.2) is 19.7 Å². The zero-order valence-corrected chi connectivity index (χ0v) is 20.3. The summed E-state index contributed by atoms with van der Waals surface area (Å²) in [5, 5.41) is 6.08. The maximum absolute atomic E-state index is 12.7. The monoisotopic (exact) mass is 471 g/mol. The topological polar surface area (TPSA) is 91.3 Å². The molecule has 0 spiro atoms. The molecular weight excluding hydrogens is 442 g/mol. The quantitative estimate of drug-likeness (QED) is 0.402.